The molecule has 0 saturated carbocycles. The van der Waals surface area contributed by atoms with E-state index < -0.39 is 0 Å². The van der Waals surface area contributed by atoms with E-state index >= 15 is 0 Å². The monoisotopic (exact) mass is 151 g/mol. The van der Waals surface area contributed by atoms with Crippen LogP contribution < -0.4 is 0 Å². The number of thiophene rings is 1. The van der Waals surface area contributed by atoms with Crippen LogP contribution in [0.4, 0.5) is 0 Å². The smallest absolute Gasteiger partial charge is 0.247 e. The van der Waals surface area contributed by atoms with Gasteiger partial charge in [0.2, 0.25) is 6.04 Å². The molecular formula is C8H9NS. The number of rotatable bonds is 1. The Labute approximate surface area is 65.1 Å². The van der Waals surface area contributed by atoms with Crippen molar-refractivity contribution in [1.29, 1.82) is 0 Å². The molecule has 1 atom stereocenters. The van der Waals surface area contributed by atoms with Crippen LogP contribution in [0, 0.1) is 13.5 Å². The predicted molar refractivity (Wildman–Crippen MR) is 44.1 cm³/mol. The van der Waals surface area contributed by atoms with E-state index in [1.54, 1.807) is 11.3 Å². The van der Waals surface area contributed by atoms with Gasteiger partial charge in [0.25, 0.3) is 0 Å². The third-order valence-corrected chi connectivity index (χ3v) is 2.42. The van der Waals surface area contributed by atoms with Gasteiger partial charge in [0.15, 0.2) is 0 Å². The third kappa shape index (κ3) is 1.19. The van der Waals surface area contributed by atoms with Crippen molar-refractivity contribution >= 4 is 11.3 Å². The van der Waals surface area contributed by atoms with Crippen LogP contribution >= 0.6 is 11.3 Å². The summed E-state index contributed by atoms with van der Waals surface area (Å²) in [5.74, 6) is 0. The van der Waals surface area contributed by atoms with Crippen molar-refractivity contribution in [2.75, 3.05) is 0 Å². The van der Waals surface area contributed by atoms with Gasteiger partial charge >= 0.3 is 0 Å². The maximum Gasteiger partial charge on any atom is 0.247 e. The molecule has 0 aromatic carbocycles. The van der Waals surface area contributed by atoms with Crippen molar-refractivity contribution in [3.8, 4) is 0 Å². The first kappa shape index (κ1) is 7.30. The molecule has 0 radical (unpaired) electrons. The van der Waals surface area contributed by atoms with Crippen molar-refractivity contribution in [2.24, 2.45) is 0 Å². The Hall–Kier alpha value is -0.810. The Morgan fingerprint density at radius 2 is 2.30 bits per heavy atom. The molecule has 1 heterocycles. The quantitative estimate of drug-likeness (QED) is 0.543. The summed E-state index contributed by atoms with van der Waals surface area (Å²) in [4.78, 5) is 3.45. The van der Waals surface area contributed by atoms with Gasteiger partial charge in [-0.3, -0.25) is 0 Å². The first-order valence-corrected chi connectivity index (χ1v) is 4.09. The summed E-state index contributed by atoms with van der Waals surface area (Å²) in [5, 5.41) is 4.13. The fourth-order valence-electron chi connectivity index (χ4n) is 0.868. The Kier molecular flexibility index (Phi) is 2.08. The minimum Gasteiger partial charge on any atom is -0.309 e. The van der Waals surface area contributed by atoms with E-state index in [1.807, 2.05) is 13.8 Å². The molecule has 1 aromatic heterocycles. The number of hydrogen-bond acceptors (Lipinski definition) is 1. The van der Waals surface area contributed by atoms with Crippen molar-refractivity contribution in [3.63, 3.8) is 0 Å². The van der Waals surface area contributed by atoms with Gasteiger partial charge < -0.3 is 4.85 Å². The second-order valence-corrected chi connectivity index (χ2v) is 3.06. The molecule has 1 unspecified atom stereocenters. The van der Waals surface area contributed by atoms with E-state index in [4.69, 9.17) is 6.57 Å². The van der Waals surface area contributed by atoms with E-state index in [9.17, 15) is 0 Å². The van der Waals surface area contributed by atoms with E-state index in [2.05, 4.69) is 15.6 Å². The average Bonchev–Trinajstić information content (AvgIpc) is 2.34. The predicted octanol–water partition coefficient (Wildman–Crippen LogP) is 3.04. The highest BCUT2D eigenvalue weighted by Gasteiger charge is 2.10. The number of hydrogen-bond donors (Lipinski definition) is 0. The second-order valence-electron chi connectivity index (χ2n) is 2.32. The molecule has 0 aliphatic heterocycles. The molecule has 0 aliphatic rings. The number of aryl methyl sites for hydroxylation is 1. The van der Waals surface area contributed by atoms with Crippen LogP contribution in [-0.2, 0) is 0 Å². The van der Waals surface area contributed by atoms with Gasteiger partial charge in [-0.15, -0.1) is 0 Å². The molecule has 52 valence electrons. The zero-order valence-electron chi connectivity index (χ0n) is 6.09. The van der Waals surface area contributed by atoms with Crippen molar-refractivity contribution < 1.29 is 0 Å². The average molecular weight is 151 g/mol. The summed E-state index contributed by atoms with van der Waals surface area (Å²) in [7, 11) is 0. The maximum atomic E-state index is 6.81. The summed E-state index contributed by atoms with van der Waals surface area (Å²) in [5.41, 5.74) is 2.42. The van der Waals surface area contributed by atoms with E-state index in [1.165, 1.54) is 11.1 Å². The van der Waals surface area contributed by atoms with Gasteiger partial charge in [0, 0.05) is 17.9 Å². The second kappa shape index (κ2) is 2.85. The summed E-state index contributed by atoms with van der Waals surface area (Å²) in [6.45, 7) is 10.8. The molecule has 0 aliphatic carbocycles. The number of nitrogens with zero attached hydrogens (tertiary/aromatic N) is 1. The van der Waals surface area contributed by atoms with E-state index in [-0.39, 0.29) is 6.04 Å². The maximum absolute atomic E-state index is 6.81. The highest BCUT2D eigenvalue weighted by molar-refractivity contribution is 7.08. The van der Waals surface area contributed by atoms with Gasteiger partial charge in [-0.1, -0.05) is 0 Å². The largest absolute Gasteiger partial charge is 0.309 e. The highest BCUT2D eigenvalue weighted by Crippen LogP contribution is 2.23. The summed E-state index contributed by atoms with van der Waals surface area (Å²) >= 11 is 1.67. The molecular weight excluding hydrogens is 142 g/mol. The van der Waals surface area contributed by atoms with Gasteiger partial charge in [0.05, 0.1) is 0 Å². The summed E-state index contributed by atoms with van der Waals surface area (Å²) in [6, 6.07) is 0.0336. The molecule has 0 saturated heterocycles. The zero-order chi connectivity index (χ0) is 7.56. The SMILES string of the molecule is [C-]#[N+]C(C)c1cscc1C. The van der Waals surface area contributed by atoms with E-state index in [0.717, 1.165) is 0 Å². The lowest BCUT2D eigenvalue weighted by atomic mass is 10.1. The van der Waals surface area contributed by atoms with Crippen LogP contribution in [0.3, 0.4) is 0 Å². The normalized spacial score (nSPS) is 12.5. The van der Waals surface area contributed by atoms with Crippen molar-refractivity contribution in [3.05, 3.63) is 33.3 Å². The molecule has 0 fully saturated rings. The van der Waals surface area contributed by atoms with Crippen molar-refractivity contribution in [1.82, 2.24) is 0 Å². The molecule has 1 aromatic rings. The molecule has 0 N–H and O–H groups in total. The topological polar surface area (TPSA) is 4.36 Å². The van der Waals surface area contributed by atoms with E-state index in [0.29, 0.717) is 0 Å². The summed E-state index contributed by atoms with van der Waals surface area (Å²) < 4.78 is 0. The van der Waals surface area contributed by atoms with Crippen LogP contribution in [-0.4, -0.2) is 0 Å². The highest BCUT2D eigenvalue weighted by atomic mass is 32.1. The minimum atomic E-state index is 0.0336. The minimum absolute atomic E-state index is 0.0336. The lowest BCUT2D eigenvalue weighted by Gasteiger charge is -1.95. The first-order chi connectivity index (χ1) is 4.75. The Morgan fingerprint density at radius 3 is 2.70 bits per heavy atom. The first-order valence-electron chi connectivity index (χ1n) is 3.15. The fraction of sp³-hybridized carbons (Fsp3) is 0.375. The van der Waals surface area contributed by atoms with Crippen LogP contribution in [0.25, 0.3) is 4.85 Å². The molecule has 0 bridgehead atoms. The Bertz CT molecular complexity index is 256. The summed E-state index contributed by atoms with van der Waals surface area (Å²) in [6.07, 6.45) is 0. The van der Waals surface area contributed by atoms with Crippen LogP contribution in [0.5, 0.6) is 0 Å². The van der Waals surface area contributed by atoms with Crippen molar-refractivity contribution in [2.45, 2.75) is 19.9 Å². The molecule has 1 rings (SSSR count). The standard InChI is InChI=1S/C8H9NS/c1-6-4-10-5-8(6)7(2)9-3/h4-5,7H,1-2H3. The molecule has 2 heteroatoms. The van der Waals surface area contributed by atoms with Crippen LogP contribution in [0.2, 0.25) is 0 Å². The van der Waals surface area contributed by atoms with Gasteiger partial charge in [0.1, 0.15) is 0 Å². The van der Waals surface area contributed by atoms with Crippen LogP contribution in [0.15, 0.2) is 10.8 Å². The third-order valence-electron chi connectivity index (χ3n) is 1.54. The molecule has 1 nitrogen and oxygen atoms in total. The molecule has 10 heavy (non-hydrogen) atoms. The lowest BCUT2D eigenvalue weighted by Crippen LogP contribution is -1.84. The fourth-order valence-corrected chi connectivity index (χ4v) is 1.81. The lowest BCUT2D eigenvalue weighted by molar-refractivity contribution is 0.956. The van der Waals surface area contributed by atoms with Gasteiger partial charge in [-0.05, 0) is 17.9 Å². The van der Waals surface area contributed by atoms with Gasteiger partial charge in [-0.25, -0.2) is 6.57 Å². The zero-order valence-corrected chi connectivity index (χ0v) is 6.90. The van der Waals surface area contributed by atoms with Gasteiger partial charge in [-0.2, -0.15) is 11.3 Å². The Morgan fingerprint density at radius 1 is 1.60 bits per heavy atom. The van der Waals surface area contributed by atoms with Crippen LogP contribution in [0.1, 0.15) is 24.1 Å². The Balaban J connectivity index is 2.96. The molecule has 0 spiro atoms. The molecule has 0 amide bonds.